The fraction of sp³-hybridized carbons (Fsp3) is 0.907. The second-order valence-corrected chi connectivity index (χ2v) is 37.2. The van der Waals surface area contributed by atoms with Gasteiger partial charge < -0.3 is 22.5 Å². The Labute approximate surface area is 396 Å². The molecule has 0 bridgehead atoms. The van der Waals surface area contributed by atoms with Gasteiger partial charge in [-0.2, -0.15) is 0 Å². The van der Waals surface area contributed by atoms with Crippen LogP contribution in [0.15, 0.2) is 25.3 Å². The standard InChI is InChI=1S/C17H39O4PSi.C15H31O3P.C11H21Br.I3/c1-4-20-22(18,21-5-2)16-14-12-10-8-6-7-9-11-13-15-17-23-19-3;1-4-7-8-9-10-11-12-13-14-15-19(16,17-5-2)18-6-3;1-2-3-4-5-6-7-8-9-10-11-12;1-3-2/h4-17,23H2,1-3H3;4H,1,5-15H2,2-3H3;2H,1,3-11H2;/q;;;-1. The average molecular weight is 1270 g/mol. The molecule has 0 aromatic heterocycles. The van der Waals surface area contributed by atoms with E-state index in [0.717, 1.165) is 32.1 Å². The first-order chi connectivity index (χ1) is 27.7. The summed E-state index contributed by atoms with van der Waals surface area (Å²) in [6, 6.07) is 1.34. The molecule has 0 aliphatic carbocycles. The quantitative estimate of drug-likeness (QED) is 0.0151. The first-order valence-corrected chi connectivity index (χ1v) is 41.3. The summed E-state index contributed by atoms with van der Waals surface area (Å²) >= 11 is 8.74. The topological polar surface area (TPSA) is 80.3 Å². The van der Waals surface area contributed by atoms with E-state index >= 15 is 0 Å². The van der Waals surface area contributed by atoms with Crippen molar-refractivity contribution in [1.82, 2.24) is 0 Å². The van der Waals surface area contributed by atoms with Crippen molar-refractivity contribution in [2.24, 2.45) is 0 Å². The summed E-state index contributed by atoms with van der Waals surface area (Å²) < 4.78 is 50.8. The van der Waals surface area contributed by atoms with Gasteiger partial charge in [0.1, 0.15) is 0 Å². The molecule has 0 heterocycles. The van der Waals surface area contributed by atoms with E-state index in [-0.39, 0.29) is 9.76 Å². The Kier molecular flexibility index (Phi) is 68.1. The summed E-state index contributed by atoms with van der Waals surface area (Å²) in [6.45, 7) is 16.7. The SMILES string of the molecule is C=CCCCCCCCCCBr.C=CCCCCCCCCCP(=O)(OCC)OCC.CCOP(=O)(CCCCCCCCCCCC[SiH2]OC)OCC.I[I-]I. The number of allylic oxidation sites excluding steroid dienone is 2. The molecule has 0 aliphatic rings. The number of unbranched alkanes of at least 4 members (excludes halogenated alkanes) is 23. The van der Waals surface area contributed by atoms with Crippen LogP contribution in [0.2, 0.25) is 6.04 Å². The molecule has 0 aromatic rings. The van der Waals surface area contributed by atoms with E-state index in [0.29, 0.717) is 52.0 Å². The zero-order valence-electron chi connectivity index (χ0n) is 37.6. The van der Waals surface area contributed by atoms with Gasteiger partial charge in [-0.3, -0.25) is 9.13 Å². The Morgan fingerprint density at radius 2 is 0.772 bits per heavy atom. The third-order valence-electron chi connectivity index (χ3n) is 8.97. The molecule has 0 amide bonds. The molecule has 0 rings (SSSR count). The molecule has 7 nitrogen and oxygen atoms in total. The summed E-state index contributed by atoms with van der Waals surface area (Å²) in [5, 5.41) is 1.17. The molecule has 348 valence electrons. The predicted octanol–water partition coefficient (Wildman–Crippen LogP) is 14.3. The van der Waals surface area contributed by atoms with Crippen molar-refractivity contribution >= 4 is 78.1 Å². The van der Waals surface area contributed by atoms with E-state index in [2.05, 4.69) is 66.3 Å². The number of halogens is 4. The van der Waals surface area contributed by atoms with Gasteiger partial charge in [-0.1, -0.05) is 150 Å². The minimum absolute atomic E-state index is 0.189. The van der Waals surface area contributed by atoms with Crippen LogP contribution in [-0.2, 0) is 31.7 Å². The van der Waals surface area contributed by atoms with Gasteiger partial charge in [0.15, 0.2) is 9.76 Å². The molecular formula is C43H91BrI3O7P2Si-. The molecule has 0 N–H and O–H groups in total. The van der Waals surface area contributed by atoms with Crippen molar-refractivity contribution in [3.8, 4) is 0 Å². The van der Waals surface area contributed by atoms with Crippen molar-refractivity contribution in [3.63, 3.8) is 0 Å². The Morgan fingerprint density at radius 3 is 1.04 bits per heavy atom. The van der Waals surface area contributed by atoms with Gasteiger partial charge in [-0.15, -0.1) is 13.2 Å². The summed E-state index contributed by atoms with van der Waals surface area (Å²) in [4.78, 5) is 0. The van der Waals surface area contributed by atoms with Gasteiger partial charge in [0.25, 0.3) is 0 Å². The average Bonchev–Trinajstić information content (AvgIpc) is 3.18. The summed E-state index contributed by atoms with van der Waals surface area (Å²) in [7, 11) is -3.97. The third-order valence-corrected chi connectivity index (χ3v) is 15.1. The van der Waals surface area contributed by atoms with Crippen LogP contribution in [0.3, 0.4) is 0 Å². The zero-order valence-corrected chi connectivity index (χ0v) is 48.8. The van der Waals surface area contributed by atoms with Crippen molar-refractivity contribution in [2.75, 3.05) is 51.2 Å². The third kappa shape index (κ3) is 60.8. The molecule has 0 atom stereocenters. The van der Waals surface area contributed by atoms with Crippen LogP contribution in [0.4, 0.5) is 0 Å². The Hall–Kier alpha value is 2.63. The Balaban J connectivity index is -0.000000372. The van der Waals surface area contributed by atoms with Gasteiger partial charge in [0.05, 0.1) is 38.8 Å². The molecule has 0 radical (unpaired) electrons. The maximum absolute atomic E-state index is 12.3. The fourth-order valence-electron chi connectivity index (χ4n) is 6.01. The number of alkyl halides is 1. The Morgan fingerprint density at radius 1 is 0.509 bits per heavy atom. The van der Waals surface area contributed by atoms with Crippen molar-refractivity contribution in [2.45, 2.75) is 201 Å². The van der Waals surface area contributed by atoms with Crippen molar-refractivity contribution in [3.05, 3.63) is 25.3 Å². The van der Waals surface area contributed by atoms with Crippen LogP contribution >= 0.6 is 68.4 Å². The molecular weight excluding hydrogens is 1180 g/mol. The molecule has 0 fully saturated rings. The number of hydrogen-bond donors (Lipinski definition) is 0. The maximum atomic E-state index is 12.3. The number of rotatable bonds is 41. The van der Waals surface area contributed by atoms with Crippen molar-refractivity contribution < 1.29 is 44.9 Å². The van der Waals surface area contributed by atoms with E-state index in [4.69, 9.17) is 22.5 Å². The first kappa shape index (κ1) is 66.2. The monoisotopic (exact) mass is 1270 g/mol. The number of hydrogen-bond acceptors (Lipinski definition) is 7. The van der Waals surface area contributed by atoms with E-state index in [1.807, 2.05) is 47.0 Å². The second kappa shape index (κ2) is 58.6. The van der Waals surface area contributed by atoms with Crippen LogP contribution in [0.1, 0.15) is 195 Å². The molecule has 0 spiro atoms. The van der Waals surface area contributed by atoms with Crippen LogP contribution in [0, 0.1) is 0 Å². The van der Waals surface area contributed by atoms with E-state index < -0.39 is 15.2 Å². The van der Waals surface area contributed by atoms with Gasteiger partial charge in [-0.25, -0.2) is 0 Å². The van der Waals surface area contributed by atoms with Crippen LogP contribution in [0.25, 0.3) is 0 Å². The van der Waals surface area contributed by atoms with Gasteiger partial charge in [0, 0.05) is 12.4 Å². The normalized spacial score (nSPS) is 11.4. The van der Waals surface area contributed by atoms with E-state index in [1.54, 1.807) is 0 Å². The van der Waals surface area contributed by atoms with Crippen LogP contribution in [-0.4, -0.2) is 61.0 Å². The van der Waals surface area contributed by atoms with Gasteiger partial charge in [-0.05, 0) is 78.7 Å². The van der Waals surface area contributed by atoms with E-state index in [9.17, 15) is 9.13 Å². The van der Waals surface area contributed by atoms with E-state index in [1.165, 1.54) is 146 Å². The summed E-state index contributed by atoms with van der Waals surface area (Å²) in [5.74, 6) is 0. The molecule has 0 aromatic carbocycles. The minimum atomic E-state index is -2.81. The fourth-order valence-corrected chi connectivity index (χ4v) is 10.7. The summed E-state index contributed by atoms with van der Waals surface area (Å²) in [5.41, 5.74) is 0. The molecule has 0 aliphatic heterocycles. The predicted molar refractivity (Wildman–Crippen MR) is 274 cm³/mol. The van der Waals surface area contributed by atoms with Crippen molar-refractivity contribution in [1.29, 1.82) is 0 Å². The van der Waals surface area contributed by atoms with Gasteiger partial charge in [0.2, 0.25) is 0 Å². The second-order valence-electron chi connectivity index (χ2n) is 14.1. The summed E-state index contributed by atoms with van der Waals surface area (Å²) in [6.07, 6.45) is 38.3. The molecule has 0 unspecified atom stereocenters. The molecule has 57 heavy (non-hydrogen) atoms. The van der Waals surface area contributed by atoms with Crippen LogP contribution < -0.4 is 13.3 Å². The molecule has 0 saturated heterocycles. The van der Waals surface area contributed by atoms with Gasteiger partial charge >= 0.3 is 65.7 Å². The Bertz CT molecular complexity index is 850. The van der Waals surface area contributed by atoms with Crippen LogP contribution in [0.5, 0.6) is 0 Å². The molecule has 14 heteroatoms. The molecule has 0 saturated carbocycles. The zero-order chi connectivity index (χ0) is 43.4. The first-order valence-electron chi connectivity index (χ1n) is 22.6.